The zero-order valence-corrected chi connectivity index (χ0v) is 13.5. The predicted molar refractivity (Wildman–Crippen MR) is 81.7 cm³/mol. The molecule has 4 heteroatoms. The Hall–Kier alpha value is -0.870. The van der Waals surface area contributed by atoms with E-state index < -0.39 is 0 Å². The quantitative estimate of drug-likeness (QED) is 0.899. The van der Waals surface area contributed by atoms with E-state index in [-0.39, 0.29) is 6.04 Å². The van der Waals surface area contributed by atoms with Crippen LogP contribution < -0.4 is 5.32 Å². The van der Waals surface area contributed by atoms with Gasteiger partial charge in [-0.2, -0.15) is 0 Å². The summed E-state index contributed by atoms with van der Waals surface area (Å²) in [6.45, 7) is 13.3. The van der Waals surface area contributed by atoms with Crippen molar-refractivity contribution in [2.75, 3.05) is 13.1 Å². The number of nitrogens with zero attached hydrogens (tertiary/aromatic N) is 2. The van der Waals surface area contributed by atoms with Gasteiger partial charge in [-0.3, -0.25) is 4.90 Å². The molecule has 1 aromatic rings. The Labute approximate surface area is 122 Å². The lowest BCUT2D eigenvalue weighted by Gasteiger charge is -2.45. The van der Waals surface area contributed by atoms with Crippen LogP contribution in [0.1, 0.15) is 58.2 Å². The average Bonchev–Trinajstić information content (AvgIpc) is 2.86. The lowest BCUT2D eigenvalue weighted by molar-refractivity contribution is 0.0425. The minimum Gasteiger partial charge on any atom is -0.444 e. The van der Waals surface area contributed by atoms with Gasteiger partial charge in [0.25, 0.3) is 0 Å². The second-order valence-electron chi connectivity index (χ2n) is 6.17. The van der Waals surface area contributed by atoms with Crippen LogP contribution in [-0.4, -0.2) is 35.1 Å². The first-order valence-corrected chi connectivity index (χ1v) is 7.96. The van der Waals surface area contributed by atoms with Gasteiger partial charge >= 0.3 is 0 Å². The smallest absolute Gasteiger partial charge is 0.211 e. The van der Waals surface area contributed by atoms with Crippen molar-refractivity contribution in [1.82, 2.24) is 15.2 Å². The molecule has 114 valence electrons. The lowest BCUT2D eigenvalue weighted by atomic mass is 9.86. The summed E-state index contributed by atoms with van der Waals surface area (Å²) < 4.78 is 5.71. The minimum atomic E-state index is 0.258. The van der Waals surface area contributed by atoms with Crippen LogP contribution in [0.25, 0.3) is 0 Å². The molecule has 1 fully saturated rings. The fourth-order valence-corrected chi connectivity index (χ4v) is 3.26. The van der Waals surface area contributed by atoms with Crippen LogP contribution in [0.4, 0.5) is 0 Å². The first kappa shape index (κ1) is 15.5. The maximum absolute atomic E-state index is 5.71. The third-order valence-electron chi connectivity index (χ3n) is 4.77. The first-order chi connectivity index (χ1) is 9.54. The van der Waals surface area contributed by atoms with Crippen LogP contribution in [0.5, 0.6) is 0 Å². The van der Waals surface area contributed by atoms with Crippen molar-refractivity contribution < 1.29 is 4.42 Å². The monoisotopic (exact) mass is 279 g/mol. The highest BCUT2D eigenvalue weighted by atomic mass is 16.4. The molecule has 1 aromatic heterocycles. The molecule has 0 aromatic carbocycles. The zero-order valence-electron chi connectivity index (χ0n) is 13.5. The highest BCUT2D eigenvalue weighted by Gasteiger charge is 2.35. The van der Waals surface area contributed by atoms with Gasteiger partial charge in [0.15, 0.2) is 0 Å². The molecule has 2 rings (SSSR count). The molecule has 4 unspecified atom stereocenters. The number of nitrogens with one attached hydrogen (secondary N) is 1. The minimum absolute atomic E-state index is 0.258. The summed E-state index contributed by atoms with van der Waals surface area (Å²) in [5.74, 6) is 2.39. The van der Waals surface area contributed by atoms with Gasteiger partial charge in [0.05, 0.1) is 12.2 Å². The fourth-order valence-electron chi connectivity index (χ4n) is 3.26. The average molecular weight is 279 g/mol. The van der Waals surface area contributed by atoms with E-state index in [0.717, 1.165) is 24.7 Å². The first-order valence-electron chi connectivity index (χ1n) is 7.96. The van der Waals surface area contributed by atoms with Gasteiger partial charge in [0.2, 0.25) is 5.89 Å². The van der Waals surface area contributed by atoms with Crippen molar-refractivity contribution in [3.8, 4) is 0 Å². The summed E-state index contributed by atoms with van der Waals surface area (Å²) in [5, 5.41) is 3.69. The van der Waals surface area contributed by atoms with Gasteiger partial charge in [0.1, 0.15) is 5.76 Å². The molecule has 0 spiro atoms. The third kappa shape index (κ3) is 3.23. The van der Waals surface area contributed by atoms with Crippen LogP contribution in [0.3, 0.4) is 0 Å². The van der Waals surface area contributed by atoms with Crippen molar-refractivity contribution in [3.05, 3.63) is 17.8 Å². The second kappa shape index (κ2) is 6.72. The van der Waals surface area contributed by atoms with Crippen LogP contribution in [-0.2, 0) is 0 Å². The number of rotatable bonds is 5. The zero-order chi connectivity index (χ0) is 14.7. The molecule has 20 heavy (non-hydrogen) atoms. The van der Waals surface area contributed by atoms with E-state index in [9.17, 15) is 0 Å². The molecule has 1 saturated heterocycles. The summed E-state index contributed by atoms with van der Waals surface area (Å²) in [7, 11) is 0. The number of likely N-dealkylation sites (tertiary alicyclic amines) is 1. The van der Waals surface area contributed by atoms with Crippen LogP contribution in [0.2, 0.25) is 0 Å². The molecule has 1 aliphatic rings. The van der Waals surface area contributed by atoms with E-state index in [1.807, 2.05) is 13.1 Å². The number of aryl methyl sites for hydroxylation is 1. The Morgan fingerprint density at radius 2 is 2.25 bits per heavy atom. The third-order valence-corrected chi connectivity index (χ3v) is 4.77. The van der Waals surface area contributed by atoms with Crippen LogP contribution >= 0.6 is 0 Å². The van der Waals surface area contributed by atoms with Gasteiger partial charge in [-0.1, -0.05) is 13.8 Å². The number of hydrogen-bond donors (Lipinski definition) is 1. The van der Waals surface area contributed by atoms with Gasteiger partial charge < -0.3 is 9.73 Å². The lowest BCUT2D eigenvalue weighted by Crippen LogP contribution is -2.54. The molecular formula is C16H29N3O. The Morgan fingerprint density at radius 3 is 2.85 bits per heavy atom. The summed E-state index contributed by atoms with van der Waals surface area (Å²) in [6.07, 6.45) is 4.22. The Bertz CT molecular complexity index is 418. The van der Waals surface area contributed by atoms with Crippen molar-refractivity contribution in [1.29, 1.82) is 0 Å². The SMILES string of the molecule is CCCNC1CCN(C(C)c2ncc(C)o2)C(C)C1C. The Balaban J connectivity index is 2.00. The predicted octanol–water partition coefficient (Wildman–Crippen LogP) is 3.14. The molecule has 0 saturated carbocycles. The molecule has 0 radical (unpaired) electrons. The molecule has 2 heterocycles. The largest absolute Gasteiger partial charge is 0.444 e. The fraction of sp³-hybridized carbons (Fsp3) is 0.812. The van der Waals surface area contributed by atoms with E-state index >= 15 is 0 Å². The van der Waals surface area contributed by atoms with E-state index in [1.54, 1.807) is 0 Å². The van der Waals surface area contributed by atoms with E-state index in [1.165, 1.54) is 12.8 Å². The number of piperidine rings is 1. The summed E-state index contributed by atoms with van der Waals surface area (Å²) in [4.78, 5) is 6.92. The van der Waals surface area contributed by atoms with Crippen LogP contribution in [0.15, 0.2) is 10.6 Å². The molecule has 0 bridgehead atoms. The summed E-state index contributed by atoms with van der Waals surface area (Å²) >= 11 is 0. The molecular weight excluding hydrogens is 250 g/mol. The van der Waals surface area contributed by atoms with Gasteiger partial charge in [-0.25, -0.2) is 4.98 Å². The summed E-state index contributed by atoms with van der Waals surface area (Å²) in [6, 6.07) is 1.44. The van der Waals surface area contributed by atoms with E-state index in [2.05, 4.69) is 42.9 Å². The van der Waals surface area contributed by atoms with Crippen molar-refractivity contribution in [2.24, 2.45) is 5.92 Å². The van der Waals surface area contributed by atoms with Crippen molar-refractivity contribution in [3.63, 3.8) is 0 Å². The van der Waals surface area contributed by atoms with Crippen molar-refractivity contribution in [2.45, 2.75) is 65.6 Å². The molecule has 4 nitrogen and oxygen atoms in total. The Morgan fingerprint density at radius 1 is 1.50 bits per heavy atom. The maximum atomic E-state index is 5.71. The highest BCUT2D eigenvalue weighted by molar-refractivity contribution is 4.99. The number of aromatic nitrogens is 1. The molecule has 0 amide bonds. The van der Waals surface area contributed by atoms with Gasteiger partial charge in [-0.15, -0.1) is 0 Å². The topological polar surface area (TPSA) is 41.3 Å². The highest BCUT2D eigenvalue weighted by Crippen LogP contribution is 2.31. The molecule has 4 atom stereocenters. The molecule has 0 aliphatic carbocycles. The van der Waals surface area contributed by atoms with Crippen molar-refractivity contribution >= 4 is 0 Å². The van der Waals surface area contributed by atoms with Gasteiger partial charge in [-0.05, 0) is 46.1 Å². The Kier molecular flexibility index (Phi) is 5.22. The van der Waals surface area contributed by atoms with Gasteiger partial charge in [0, 0.05) is 18.6 Å². The van der Waals surface area contributed by atoms with E-state index in [4.69, 9.17) is 4.42 Å². The second-order valence-corrected chi connectivity index (χ2v) is 6.17. The molecule has 1 aliphatic heterocycles. The normalized spacial score (nSPS) is 29.6. The maximum Gasteiger partial charge on any atom is 0.211 e. The van der Waals surface area contributed by atoms with E-state index in [0.29, 0.717) is 18.0 Å². The number of hydrogen-bond acceptors (Lipinski definition) is 4. The molecule has 1 N–H and O–H groups in total. The summed E-state index contributed by atoms with van der Waals surface area (Å²) in [5.41, 5.74) is 0. The number of oxazole rings is 1. The van der Waals surface area contributed by atoms with Crippen LogP contribution in [0, 0.1) is 12.8 Å². The standard InChI is InChI=1S/C16H29N3O/c1-6-8-17-15-7-9-19(13(4)12(15)3)14(5)16-18-10-11(2)20-16/h10,12-15,17H,6-9H2,1-5H3.